The van der Waals surface area contributed by atoms with Gasteiger partial charge < -0.3 is 4.74 Å². The Morgan fingerprint density at radius 1 is 1.56 bits per heavy atom. The summed E-state index contributed by atoms with van der Waals surface area (Å²) in [5, 5.41) is 0. The SMILES string of the molecule is C[n+]1cc(C(F)(F)F)cn1[C@H]1CCOC1=O. The van der Waals surface area contributed by atoms with Gasteiger partial charge in [0, 0.05) is 6.42 Å². The molecule has 0 aromatic carbocycles. The lowest BCUT2D eigenvalue weighted by molar-refractivity contribution is -0.755. The number of carbonyl (C=O) groups excluding carboxylic acids is 1. The second kappa shape index (κ2) is 3.50. The van der Waals surface area contributed by atoms with E-state index in [1.54, 1.807) is 0 Å². The molecule has 2 heterocycles. The molecule has 0 aliphatic carbocycles. The lowest BCUT2D eigenvalue weighted by Crippen LogP contribution is -2.41. The number of alkyl halides is 3. The minimum absolute atomic E-state index is 0.253. The van der Waals surface area contributed by atoms with Crippen LogP contribution in [0.25, 0.3) is 0 Å². The summed E-state index contributed by atoms with van der Waals surface area (Å²) < 4.78 is 44.5. The molecular formula is C9H10F3N2O2+. The van der Waals surface area contributed by atoms with Crippen molar-refractivity contribution in [3.63, 3.8) is 0 Å². The van der Waals surface area contributed by atoms with Gasteiger partial charge in [-0.15, -0.1) is 9.36 Å². The lowest BCUT2D eigenvalue weighted by Gasteiger charge is -2.03. The second-order valence-corrected chi connectivity index (χ2v) is 3.64. The highest BCUT2D eigenvalue weighted by Crippen LogP contribution is 2.29. The Morgan fingerprint density at radius 2 is 2.25 bits per heavy atom. The summed E-state index contributed by atoms with van der Waals surface area (Å²) in [4.78, 5) is 11.2. The van der Waals surface area contributed by atoms with Crippen LogP contribution in [0.2, 0.25) is 0 Å². The van der Waals surface area contributed by atoms with Crippen molar-refractivity contribution in [2.75, 3.05) is 6.61 Å². The first-order chi connectivity index (χ1) is 7.39. The van der Waals surface area contributed by atoms with Crippen molar-refractivity contribution in [3.05, 3.63) is 18.0 Å². The van der Waals surface area contributed by atoms with Gasteiger partial charge in [-0.05, 0) is 0 Å². The quantitative estimate of drug-likeness (QED) is 0.533. The molecule has 0 amide bonds. The molecule has 1 fully saturated rings. The van der Waals surface area contributed by atoms with Gasteiger partial charge in [0.1, 0.15) is 5.56 Å². The van der Waals surface area contributed by atoms with Gasteiger partial charge in [0.15, 0.2) is 13.1 Å². The average molecular weight is 235 g/mol. The number of hydrogen-bond acceptors (Lipinski definition) is 2. The summed E-state index contributed by atoms with van der Waals surface area (Å²) in [6, 6.07) is -0.652. The molecular weight excluding hydrogens is 225 g/mol. The van der Waals surface area contributed by atoms with Crippen molar-refractivity contribution in [2.24, 2.45) is 7.05 Å². The first-order valence-corrected chi connectivity index (χ1v) is 4.71. The fourth-order valence-electron chi connectivity index (χ4n) is 1.72. The number of aryl methyl sites for hydroxylation is 1. The molecule has 16 heavy (non-hydrogen) atoms. The van der Waals surface area contributed by atoms with E-state index >= 15 is 0 Å². The predicted molar refractivity (Wildman–Crippen MR) is 45.2 cm³/mol. The van der Waals surface area contributed by atoms with Crippen LogP contribution in [0.1, 0.15) is 18.0 Å². The number of halogens is 3. The predicted octanol–water partition coefficient (Wildman–Crippen LogP) is 0.819. The van der Waals surface area contributed by atoms with E-state index in [-0.39, 0.29) is 6.61 Å². The van der Waals surface area contributed by atoms with Gasteiger partial charge in [-0.25, -0.2) is 4.79 Å². The highest BCUT2D eigenvalue weighted by molar-refractivity contribution is 5.75. The van der Waals surface area contributed by atoms with Gasteiger partial charge in [0.05, 0.1) is 12.8 Å². The van der Waals surface area contributed by atoms with Crippen LogP contribution in [-0.2, 0) is 22.8 Å². The average Bonchev–Trinajstić information content (AvgIpc) is 2.70. The van der Waals surface area contributed by atoms with Gasteiger partial charge in [-0.2, -0.15) is 13.2 Å². The molecule has 0 radical (unpaired) electrons. The fraction of sp³-hybridized carbons (Fsp3) is 0.556. The largest absolute Gasteiger partial charge is 0.464 e. The molecule has 7 heteroatoms. The van der Waals surface area contributed by atoms with E-state index in [2.05, 4.69) is 0 Å². The first kappa shape index (κ1) is 11.0. The zero-order valence-electron chi connectivity index (χ0n) is 8.49. The molecule has 2 rings (SSSR count). The molecule has 1 atom stereocenters. The Kier molecular flexibility index (Phi) is 2.40. The lowest BCUT2D eigenvalue weighted by atomic mass is 10.2. The van der Waals surface area contributed by atoms with Crippen LogP contribution in [0.4, 0.5) is 13.2 Å². The van der Waals surface area contributed by atoms with Gasteiger partial charge >= 0.3 is 12.1 Å². The zero-order chi connectivity index (χ0) is 11.9. The van der Waals surface area contributed by atoms with Crippen LogP contribution in [0.3, 0.4) is 0 Å². The Bertz CT molecular complexity index is 425. The van der Waals surface area contributed by atoms with Crippen molar-refractivity contribution in [3.8, 4) is 0 Å². The van der Waals surface area contributed by atoms with E-state index in [1.165, 1.54) is 16.4 Å². The van der Waals surface area contributed by atoms with E-state index in [1.807, 2.05) is 0 Å². The Morgan fingerprint density at radius 3 is 2.69 bits per heavy atom. The minimum atomic E-state index is -4.40. The van der Waals surface area contributed by atoms with Crippen LogP contribution in [0.5, 0.6) is 0 Å². The van der Waals surface area contributed by atoms with Crippen molar-refractivity contribution in [1.82, 2.24) is 4.68 Å². The standard InChI is InChI=1S/C9H10F3N2O2/c1-13-4-6(9(10,11)12)5-14(13)7-2-3-16-8(7)15/h4-5,7H,2-3H2,1H3/q+1/t7-/m0/s1. The smallest absolute Gasteiger partial charge is 0.423 e. The Labute approximate surface area is 89.2 Å². The number of aromatic nitrogens is 2. The van der Waals surface area contributed by atoms with Crippen LogP contribution in [0, 0.1) is 0 Å². The number of rotatable bonds is 1. The maximum absolute atomic E-state index is 12.4. The Hall–Kier alpha value is -1.53. The topological polar surface area (TPSA) is 35.1 Å². The third-order valence-corrected chi connectivity index (χ3v) is 2.52. The number of nitrogens with zero attached hydrogens (tertiary/aromatic N) is 2. The first-order valence-electron chi connectivity index (χ1n) is 4.71. The maximum atomic E-state index is 12.4. The summed E-state index contributed by atoms with van der Waals surface area (Å²) >= 11 is 0. The summed E-state index contributed by atoms with van der Waals surface area (Å²) in [6.07, 6.45) is -2.12. The van der Waals surface area contributed by atoms with Crippen LogP contribution in [0.15, 0.2) is 12.4 Å². The second-order valence-electron chi connectivity index (χ2n) is 3.64. The molecule has 1 aromatic heterocycles. The van der Waals surface area contributed by atoms with Crippen LogP contribution in [-0.4, -0.2) is 17.3 Å². The maximum Gasteiger partial charge on any atom is 0.423 e. The summed E-state index contributed by atoms with van der Waals surface area (Å²) in [5.41, 5.74) is -0.769. The molecule has 0 saturated carbocycles. The van der Waals surface area contributed by atoms with Gasteiger partial charge in [-0.1, -0.05) is 0 Å². The summed E-state index contributed by atoms with van der Waals surface area (Å²) in [5.74, 6) is -0.486. The zero-order valence-corrected chi connectivity index (χ0v) is 8.49. The number of carbonyl (C=O) groups is 1. The molecule has 88 valence electrons. The molecule has 1 aliphatic rings. The van der Waals surface area contributed by atoms with Crippen molar-refractivity contribution in [1.29, 1.82) is 0 Å². The third-order valence-electron chi connectivity index (χ3n) is 2.52. The summed E-state index contributed by atoms with van der Waals surface area (Å²) in [6.45, 7) is 0.253. The monoisotopic (exact) mass is 235 g/mol. The van der Waals surface area contributed by atoms with Gasteiger partial charge in [-0.3, -0.25) is 0 Å². The van der Waals surface area contributed by atoms with Crippen molar-refractivity contribution in [2.45, 2.75) is 18.6 Å². The van der Waals surface area contributed by atoms with E-state index in [0.717, 1.165) is 12.4 Å². The normalized spacial score (nSPS) is 21.2. The van der Waals surface area contributed by atoms with E-state index in [0.29, 0.717) is 6.42 Å². The molecule has 0 N–H and O–H groups in total. The van der Waals surface area contributed by atoms with E-state index in [4.69, 9.17) is 4.74 Å². The van der Waals surface area contributed by atoms with Crippen LogP contribution < -0.4 is 4.68 Å². The minimum Gasteiger partial charge on any atom is -0.464 e. The molecule has 1 aliphatic heterocycles. The van der Waals surface area contributed by atoms with Gasteiger partial charge in [0.2, 0.25) is 6.20 Å². The van der Waals surface area contributed by atoms with E-state index in [9.17, 15) is 18.0 Å². The molecule has 0 bridgehead atoms. The molecule has 0 unspecified atom stereocenters. The molecule has 1 aromatic rings. The highest BCUT2D eigenvalue weighted by Gasteiger charge is 2.39. The number of hydrogen-bond donors (Lipinski definition) is 0. The molecule has 0 spiro atoms. The number of esters is 1. The highest BCUT2D eigenvalue weighted by atomic mass is 19.4. The number of cyclic esters (lactones) is 1. The molecule has 1 saturated heterocycles. The Balaban J connectivity index is 2.35. The summed E-state index contributed by atoms with van der Waals surface area (Å²) in [7, 11) is 1.46. The van der Waals surface area contributed by atoms with Crippen molar-refractivity contribution >= 4 is 5.97 Å². The van der Waals surface area contributed by atoms with E-state index < -0.39 is 23.8 Å². The fourth-order valence-corrected chi connectivity index (χ4v) is 1.72. The number of ether oxygens (including phenoxy) is 1. The van der Waals surface area contributed by atoms with Crippen LogP contribution >= 0.6 is 0 Å². The molecule has 4 nitrogen and oxygen atoms in total. The third kappa shape index (κ3) is 1.77. The van der Waals surface area contributed by atoms with Gasteiger partial charge in [0.25, 0.3) is 0 Å². The van der Waals surface area contributed by atoms with Crippen molar-refractivity contribution < 1.29 is 27.4 Å².